The zero-order valence-corrected chi connectivity index (χ0v) is 8.65. The maximum atomic E-state index is 13.5. The van der Waals surface area contributed by atoms with E-state index in [1.54, 1.807) is 12.1 Å². The Bertz CT molecular complexity index is 321. The lowest BCUT2D eigenvalue weighted by Gasteiger charge is -2.24. The largest absolute Gasteiger partial charge is 0.310 e. The van der Waals surface area contributed by atoms with Crippen molar-refractivity contribution in [2.75, 3.05) is 6.54 Å². The van der Waals surface area contributed by atoms with Gasteiger partial charge in [-0.05, 0) is 31.5 Å². The molecule has 76 valence electrons. The van der Waals surface area contributed by atoms with Crippen LogP contribution in [0.5, 0.6) is 0 Å². The van der Waals surface area contributed by atoms with E-state index in [0.717, 1.165) is 18.5 Å². The molecule has 1 N–H and O–H groups in total. The molecular formula is C11H13ClFN. The third kappa shape index (κ3) is 2.07. The van der Waals surface area contributed by atoms with Gasteiger partial charge < -0.3 is 5.32 Å². The van der Waals surface area contributed by atoms with Gasteiger partial charge in [0, 0.05) is 16.6 Å². The molecule has 1 saturated heterocycles. The van der Waals surface area contributed by atoms with E-state index >= 15 is 0 Å². The minimum atomic E-state index is -0.197. The molecule has 1 nitrogen and oxygen atoms in total. The van der Waals surface area contributed by atoms with Crippen LogP contribution in [0.2, 0.25) is 5.02 Å². The predicted molar refractivity (Wildman–Crippen MR) is 56.0 cm³/mol. The van der Waals surface area contributed by atoms with E-state index in [0.29, 0.717) is 5.02 Å². The number of piperidine rings is 1. The number of hydrogen-bond acceptors (Lipinski definition) is 1. The highest BCUT2D eigenvalue weighted by atomic mass is 35.5. The van der Waals surface area contributed by atoms with E-state index in [2.05, 4.69) is 5.32 Å². The summed E-state index contributed by atoms with van der Waals surface area (Å²) in [5, 5.41) is 3.77. The Morgan fingerprint density at radius 2 is 2.21 bits per heavy atom. The number of rotatable bonds is 1. The molecule has 3 heteroatoms. The quantitative estimate of drug-likeness (QED) is 0.755. The minimum Gasteiger partial charge on any atom is -0.310 e. The van der Waals surface area contributed by atoms with Gasteiger partial charge in [-0.15, -0.1) is 0 Å². The molecule has 0 amide bonds. The van der Waals surface area contributed by atoms with Gasteiger partial charge in [-0.1, -0.05) is 24.1 Å². The zero-order chi connectivity index (χ0) is 9.97. The van der Waals surface area contributed by atoms with Crippen molar-refractivity contribution in [1.29, 1.82) is 0 Å². The van der Waals surface area contributed by atoms with Crippen LogP contribution in [-0.2, 0) is 0 Å². The zero-order valence-electron chi connectivity index (χ0n) is 7.89. The lowest BCUT2D eigenvalue weighted by Crippen LogP contribution is -2.27. The Balaban J connectivity index is 2.22. The molecule has 1 heterocycles. The van der Waals surface area contributed by atoms with Crippen LogP contribution in [0.1, 0.15) is 30.9 Å². The molecule has 0 aliphatic carbocycles. The molecule has 0 unspecified atom stereocenters. The summed E-state index contributed by atoms with van der Waals surface area (Å²) in [6.45, 7) is 0.979. The number of hydrogen-bond donors (Lipinski definition) is 1. The highest BCUT2D eigenvalue weighted by molar-refractivity contribution is 6.30. The Morgan fingerprint density at radius 1 is 1.36 bits per heavy atom. The van der Waals surface area contributed by atoms with Crippen LogP contribution in [0.25, 0.3) is 0 Å². The minimum absolute atomic E-state index is 0.168. The lowest BCUT2D eigenvalue weighted by atomic mass is 9.97. The number of nitrogens with one attached hydrogen (secondary N) is 1. The van der Waals surface area contributed by atoms with Gasteiger partial charge in [0.1, 0.15) is 5.82 Å². The van der Waals surface area contributed by atoms with Crippen molar-refractivity contribution in [3.8, 4) is 0 Å². The SMILES string of the molecule is Fc1cc(Cl)ccc1[C@@H]1CCCCN1. The van der Waals surface area contributed by atoms with Crippen LogP contribution in [0.15, 0.2) is 18.2 Å². The second-order valence-corrected chi connectivity index (χ2v) is 4.10. The molecule has 2 rings (SSSR count). The first-order valence-corrected chi connectivity index (χ1v) is 5.33. The van der Waals surface area contributed by atoms with Crippen molar-refractivity contribution in [3.63, 3.8) is 0 Å². The van der Waals surface area contributed by atoms with Crippen LogP contribution in [0.4, 0.5) is 4.39 Å². The van der Waals surface area contributed by atoms with Gasteiger partial charge in [0.15, 0.2) is 0 Å². The molecule has 0 spiro atoms. The molecule has 0 saturated carbocycles. The van der Waals surface area contributed by atoms with Gasteiger partial charge in [-0.2, -0.15) is 0 Å². The number of halogens is 2. The van der Waals surface area contributed by atoms with Crippen LogP contribution in [-0.4, -0.2) is 6.54 Å². The van der Waals surface area contributed by atoms with Crippen LogP contribution in [0, 0.1) is 5.82 Å². The van der Waals surface area contributed by atoms with E-state index in [1.165, 1.54) is 18.9 Å². The third-order valence-corrected chi connectivity index (χ3v) is 2.88. The van der Waals surface area contributed by atoms with Gasteiger partial charge >= 0.3 is 0 Å². The molecule has 0 bridgehead atoms. The molecular weight excluding hydrogens is 201 g/mol. The smallest absolute Gasteiger partial charge is 0.129 e. The monoisotopic (exact) mass is 213 g/mol. The lowest BCUT2D eigenvalue weighted by molar-refractivity contribution is 0.400. The van der Waals surface area contributed by atoms with Crippen molar-refractivity contribution in [1.82, 2.24) is 5.32 Å². The fourth-order valence-corrected chi connectivity index (χ4v) is 2.06. The maximum absolute atomic E-state index is 13.5. The highest BCUT2D eigenvalue weighted by Crippen LogP contribution is 2.26. The molecule has 14 heavy (non-hydrogen) atoms. The van der Waals surface area contributed by atoms with E-state index in [-0.39, 0.29) is 11.9 Å². The Labute approximate surface area is 88.3 Å². The summed E-state index contributed by atoms with van der Waals surface area (Å²) in [6.07, 6.45) is 3.37. The summed E-state index contributed by atoms with van der Waals surface area (Å²) in [6, 6.07) is 5.07. The first kappa shape index (κ1) is 9.94. The van der Waals surface area contributed by atoms with Crippen molar-refractivity contribution in [2.24, 2.45) is 0 Å². The van der Waals surface area contributed by atoms with Gasteiger partial charge in [0.25, 0.3) is 0 Å². The Morgan fingerprint density at radius 3 is 2.86 bits per heavy atom. The van der Waals surface area contributed by atoms with Crippen molar-refractivity contribution < 1.29 is 4.39 Å². The summed E-state index contributed by atoms with van der Waals surface area (Å²) in [5.74, 6) is -0.197. The van der Waals surface area contributed by atoms with Gasteiger partial charge in [0.05, 0.1) is 0 Å². The molecule has 1 aromatic rings. The van der Waals surface area contributed by atoms with E-state index < -0.39 is 0 Å². The normalized spacial score (nSPS) is 22.3. The van der Waals surface area contributed by atoms with E-state index in [9.17, 15) is 4.39 Å². The fraction of sp³-hybridized carbons (Fsp3) is 0.455. The van der Waals surface area contributed by atoms with Gasteiger partial charge in [-0.25, -0.2) is 4.39 Å². The van der Waals surface area contributed by atoms with Crippen LogP contribution in [0.3, 0.4) is 0 Å². The summed E-state index contributed by atoms with van der Waals surface area (Å²) < 4.78 is 13.5. The third-order valence-electron chi connectivity index (χ3n) is 2.65. The highest BCUT2D eigenvalue weighted by Gasteiger charge is 2.17. The van der Waals surface area contributed by atoms with Crippen LogP contribution >= 0.6 is 11.6 Å². The second-order valence-electron chi connectivity index (χ2n) is 3.67. The summed E-state index contributed by atoms with van der Waals surface area (Å²) >= 11 is 5.70. The molecule has 1 aromatic carbocycles. The Hall–Kier alpha value is -0.600. The standard InChI is InChI=1S/C11H13ClFN/c12-8-4-5-9(10(13)7-8)11-3-1-2-6-14-11/h4-5,7,11,14H,1-3,6H2/t11-/m0/s1. The summed E-state index contributed by atoms with van der Waals surface area (Å²) in [4.78, 5) is 0. The molecule has 1 aliphatic heterocycles. The maximum Gasteiger partial charge on any atom is 0.129 e. The summed E-state index contributed by atoms with van der Waals surface area (Å²) in [5.41, 5.74) is 0.745. The van der Waals surface area contributed by atoms with Crippen molar-refractivity contribution >= 4 is 11.6 Å². The molecule has 0 aromatic heterocycles. The number of benzene rings is 1. The average molecular weight is 214 g/mol. The molecule has 1 fully saturated rings. The molecule has 1 aliphatic rings. The summed E-state index contributed by atoms with van der Waals surface area (Å²) in [7, 11) is 0. The van der Waals surface area contributed by atoms with E-state index in [4.69, 9.17) is 11.6 Å². The first-order chi connectivity index (χ1) is 6.77. The van der Waals surface area contributed by atoms with Gasteiger partial charge in [-0.3, -0.25) is 0 Å². The average Bonchev–Trinajstić information content (AvgIpc) is 2.19. The van der Waals surface area contributed by atoms with Crippen LogP contribution < -0.4 is 5.32 Å². The molecule has 0 radical (unpaired) electrons. The fourth-order valence-electron chi connectivity index (χ4n) is 1.90. The second kappa shape index (κ2) is 4.28. The van der Waals surface area contributed by atoms with Crippen molar-refractivity contribution in [2.45, 2.75) is 25.3 Å². The topological polar surface area (TPSA) is 12.0 Å². The van der Waals surface area contributed by atoms with E-state index in [1.807, 2.05) is 0 Å². The van der Waals surface area contributed by atoms with Crippen molar-refractivity contribution in [3.05, 3.63) is 34.6 Å². The first-order valence-electron chi connectivity index (χ1n) is 4.96. The molecule has 1 atom stereocenters. The predicted octanol–water partition coefficient (Wildman–Crippen LogP) is 3.29. The Kier molecular flexibility index (Phi) is 3.04. The van der Waals surface area contributed by atoms with Gasteiger partial charge in [0.2, 0.25) is 0 Å².